The molecule has 0 saturated carbocycles. The molecular formula is C10H22N2. The van der Waals surface area contributed by atoms with Gasteiger partial charge in [-0.1, -0.05) is 0 Å². The molecule has 12 heavy (non-hydrogen) atoms. The van der Waals surface area contributed by atoms with Gasteiger partial charge in [-0.3, -0.25) is 0 Å². The quantitative estimate of drug-likeness (QED) is 0.629. The van der Waals surface area contributed by atoms with Crippen molar-refractivity contribution >= 4 is 0 Å². The van der Waals surface area contributed by atoms with E-state index in [4.69, 9.17) is 0 Å². The number of hydrogen-bond donors (Lipinski definition) is 1. The van der Waals surface area contributed by atoms with Crippen LogP contribution in [-0.2, 0) is 0 Å². The maximum absolute atomic E-state index is 3.20. The lowest BCUT2D eigenvalue weighted by Gasteiger charge is -2.23. The van der Waals surface area contributed by atoms with Crippen molar-refractivity contribution in [3.8, 4) is 0 Å². The summed E-state index contributed by atoms with van der Waals surface area (Å²) < 4.78 is 0. The van der Waals surface area contributed by atoms with Gasteiger partial charge in [-0.05, 0) is 59.3 Å². The van der Waals surface area contributed by atoms with Gasteiger partial charge in [0.2, 0.25) is 0 Å². The highest BCUT2D eigenvalue weighted by molar-refractivity contribution is 4.72. The van der Waals surface area contributed by atoms with Gasteiger partial charge in [0, 0.05) is 6.04 Å². The molecule has 1 rings (SSSR count). The molecule has 0 amide bonds. The Morgan fingerprint density at radius 2 is 2.00 bits per heavy atom. The summed E-state index contributed by atoms with van der Waals surface area (Å²) in [4.78, 5) is 2.62. The third-order valence-electron chi connectivity index (χ3n) is 2.81. The normalized spacial score (nSPS) is 21.5. The largest absolute Gasteiger partial charge is 0.320 e. The number of rotatable bonds is 5. The summed E-state index contributed by atoms with van der Waals surface area (Å²) in [5.41, 5.74) is 0. The summed E-state index contributed by atoms with van der Waals surface area (Å²) in [5.74, 6) is 0. The zero-order valence-electron chi connectivity index (χ0n) is 8.47. The predicted molar refractivity (Wildman–Crippen MR) is 53.4 cm³/mol. The minimum absolute atomic E-state index is 0.806. The SMILES string of the molecule is CNCCCC(C)N1CCCC1. The second kappa shape index (κ2) is 5.55. The third kappa shape index (κ3) is 3.11. The minimum atomic E-state index is 0.806. The summed E-state index contributed by atoms with van der Waals surface area (Å²) >= 11 is 0. The van der Waals surface area contributed by atoms with Crippen molar-refractivity contribution < 1.29 is 0 Å². The maximum Gasteiger partial charge on any atom is 0.00674 e. The highest BCUT2D eigenvalue weighted by Crippen LogP contribution is 2.14. The van der Waals surface area contributed by atoms with Crippen molar-refractivity contribution in [2.24, 2.45) is 0 Å². The molecule has 1 fully saturated rings. The zero-order chi connectivity index (χ0) is 8.81. The highest BCUT2D eigenvalue weighted by Gasteiger charge is 2.16. The van der Waals surface area contributed by atoms with Crippen LogP contribution in [0.1, 0.15) is 32.6 Å². The first-order valence-electron chi connectivity index (χ1n) is 5.23. The molecule has 0 aromatic heterocycles. The Morgan fingerprint density at radius 3 is 2.58 bits per heavy atom. The summed E-state index contributed by atoms with van der Waals surface area (Å²) in [6.45, 7) is 6.20. The molecule has 1 saturated heterocycles. The van der Waals surface area contributed by atoms with Gasteiger partial charge < -0.3 is 10.2 Å². The summed E-state index contributed by atoms with van der Waals surface area (Å²) in [6, 6.07) is 0.806. The fourth-order valence-corrected chi connectivity index (χ4v) is 1.94. The van der Waals surface area contributed by atoms with Crippen molar-refractivity contribution in [2.45, 2.75) is 38.6 Å². The van der Waals surface area contributed by atoms with Crippen LogP contribution in [0.25, 0.3) is 0 Å². The lowest BCUT2D eigenvalue weighted by Crippen LogP contribution is -2.30. The molecule has 2 heteroatoms. The van der Waals surface area contributed by atoms with Crippen molar-refractivity contribution in [2.75, 3.05) is 26.7 Å². The van der Waals surface area contributed by atoms with E-state index in [1.165, 1.54) is 38.8 Å². The van der Waals surface area contributed by atoms with Crippen molar-refractivity contribution in [3.63, 3.8) is 0 Å². The maximum atomic E-state index is 3.20. The van der Waals surface area contributed by atoms with E-state index in [2.05, 4.69) is 17.1 Å². The smallest absolute Gasteiger partial charge is 0.00674 e. The van der Waals surface area contributed by atoms with Gasteiger partial charge in [-0.15, -0.1) is 0 Å². The second-order valence-corrected chi connectivity index (χ2v) is 3.84. The van der Waals surface area contributed by atoms with Gasteiger partial charge >= 0.3 is 0 Å². The molecule has 1 aliphatic heterocycles. The van der Waals surface area contributed by atoms with Gasteiger partial charge in [0.15, 0.2) is 0 Å². The van der Waals surface area contributed by atoms with Crippen molar-refractivity contribution in [1.29, 1.82) is 0 Å². The average Bonchev–Trinajstić information content (AvgIpc) is 2.56. The molecule has 0 spiro atoms. The van der Waals surface area contributed by atoms with Crippen LogP contribution in [0, 0.1) is 0 Å². The van der Waals surface area contributed by atoms with Crippen LogP contribution in [0.4, 0.5) is 0 Å². The molecule has 0 radical (unpaired) electrons. The molecule has 1 heterocycles. The number of nitrogens with one attached hydrogen (secondary N) is 1. The van der Waals surface area contributed by atoms with Gasteiger partial charge in [0.25, 0.3) is 0 Å². The average molecular weight is 170 g/mol. The Morgan fingerprint density at radius 1 is 1.33 bits per heavy atom. The number of nitrogens with zero attached hydrogens (tertiary/aromatic N) is 1. The van der Waals surface area contributed by atoms with E-state index in [0.717, 1.165) is 12.6 Å². The Balaban J connectivity index is 2.05. The molecule has 72 valence electrons. The van der Waals surface area contributed by atoms with Gasteiger partial charge in [-0.2, -0.15) is 0 Å². The molecule has 2 nitrogen and oxygen atoms in total. The molecule has 0 bridgehead atoms. The lowest BCUT2D eigenvalue weighted by atomic mass is 10.1. The number of likely N-dealkylation sites (tertiary alicyclic amines) is 1. The van der Waals surface area contributed by atoms with E-state index < -0.39 is 0 Å². The van der Waals surface area contributed by atoms with Crippen LogP contribution >= 0.6 is 0 Å². The van der Waals surface area contributed by atoms with E-state index in [9.17, 15) is 0 Å². The van der Waals surface area contributed by atoms with E-state index in [-0.39, 0.29) is 0 Å². The van der Waals surface area contributed by atoms with E-state index >= 15 is 0 Å². The topological polar surface area (TPSA) is 15.3 Å². The molecule has 0 aromatic rings. The first kappa shape index (κ1) is 10.0. The summed E-state index contributed by atoms with van der Waals surface area (Å²) in [6.07, 6.45) is 5.49. The fraction of sp³-hybridized carbons (Fsp3) is 1.00. The Kier molecular flexibility index (Phi) is 4.62. The van der Waals surface area contributed by atoms with Gasteiger partial charge in [0.05, 0.1) is 0 Å². The molecule has 1 atom stereocenters. The molecular weight excluding hydrogens is 148 g/mol. The molecule has 0 aromatic carbocycles. The standard InChI is InChI=1S/C10H22N2/c1-10(6-5-7-11-2)12-8-3-4-9-12/h10-11H,3-9H2,1-2H3. The van der Waals surface area contributed by atoms with Crippen LogP contribution in [-0.4, -0.2) is 37.6 Å². The van der Waals surface area contributed by atoms with E-state index in [1.54, 1.807) is 0 Å². The third-order valence-corrected chi connectivity index (χ3v) is 2.81. The Labute approximate surface area is 76.3 Å². The Hall–Kier alpha value is -0.0800. The summed E-state index contributed by atoms with van der Waals surface area (Å²) in [7, 11) is 2.03. The van der Waals surface area contributed by atoms with Gasteiger partial charge in [-0.25, -0.2) is 0 Å². The molecule has 1 N–H and O–H groups in total. The zero-order valence-corrected chi connectivity index (χ0v) is 8.47. The van der Waals surface area contributed by atoms with Gasteiger partial charge in [0.1, 0.15) is 0 Å². The van der Waals surface area contributed by atoms with Crippen LogP contribution in [0.3, 0.4) is 0 Å². The van der Waals surface area contributed by atoms with Crippen LogP contribution in [0.2, 0.25) is 0 Å². The van der Waals surface area contributed by atoms with Crippen molar-refractivity contribution in [1.82, 2.24) is 10.2 Å². The first-order valence-corrected chi connectivity index (χ1v) is 5.23. The number of hydrogen-bond acceptors (Lipinski definition) is 2. The Bertz CT molecular complexity index is 108. The van der Waals surface area contributed by atoms with E-state index in [1.807, 2.05) is 7.05 Å². The van der Waals surface area contributed by atoms with Crippen molar-refractivity contribution in [3.05, 3.63) is 0 Å². The predicted octanol–water partition coefficient (Wildman–Crippen LogP) is 1.47. The lowest BCUT2D eigenvalue weighted by molar-refractivity contribution is 0.243. The van der Waals surface area contributed by atoms with E-state index in [0.29, 0.717) is 0 Å². The fourth-order valence-electron chi connectivity index (χ4n) is 1.94. The second-order valence-electron chi connectivity index (χ2n) is 3.84. The minimum Gasteiger partial charge on any atom is -0.320 e. The monoisotopic (exact) mass is 170 g/mol. The van der Waals surface area contributed by atoms with Crippen LogP contribution < -0.4 is 5.32 Å². The molecule has 0 aliphatic carbocycles. The summed E-state index contributed by atoms with van der Waals surface area (Å²) in [5, 5.41) is 3.20. The van der Waals surface area contributed by atoms with Crippen LogP contribution in [0.15, 0.2) is 0 Å². The van der Waals surface area contributed by atoms with Crippen LogP contribution in [0.5, 0.6) is 0 Å². The first-order chi connectivity index (χ1) is 5.84. The molecule has 1 unspecified atom stereocenters. The molecule has 1 aliphatic rings. The highest BCUT2D eigenvalue weighted by atomic mass is 15.2.